The maximum absolute atomic E-state index is 12.2. The molecule has 0 bridgehead atoms. The summed E-state index contributed by atoms with van der Waals surface area (Å²) in [6, 6.07) is 14.1. The molecule has 112 valence electrons. The van der Waals surface area contributed by atoms with Crippen molar-refractivity contribution in [1.82, 2.24) is 0 Å². The van der Waals surface area contributed by atoms with E-state index >= 15 is 0 Å². The number of nitrogens with one attached hydrogen (secondary N) is 1. The highest BCUT2D eigenvalue weighted by Crippen LogP contribution is 2.24. The Morgan fingerprint density at radius 2 is 2.00 bits per heavy atom. The van der Waals surface area contributed by atoms with Crippen LogP contribution in [0.25, 0.3) is 0 Å². The van der Waals surface area contributed by atoms with Crippen molar-refractivity contribution in [2.45, 2.75) is 6.42 Å². The molecule has 0 heterocycles. The predicted molar refractivity (Wildman–Crippen MR) is 83.0 cm³/mol. The SMILES string of the molecule is COc1ccc(OC)c(CC(=O)Nc2cccc(C#N)c2)c1. The van der Waals surface area contributed by atoms with Gasteiger partial charge >= 0.3 is 0 Å². The van der Waals surface area contributed by atoms with Crippen LogP contribution in [0.2, 0.25) is 0 Å². The van der Waals surface area contributed by atoms with Crippen molar-refractivity contribution in [2.75, 3.05) is 19.5 Å². The van der Waals surface area contributed by atoms with Crippen molar-refractivity contribution < 1.29 is 14.3 Å². The van der Waals surface area contributed by atoms with E-state index in [9.17, 15) is 4.79 Å². The number of methoxy groups -OCH3 is 2. The summed E-state index contributed by atoms with van der Waals surface area (Å²) in [5.74, 6) is 1.10. The van der Waals surface area contributed by atoms with Crippen molar-refractivity contribution in [3.63, 3.8) is 0 Å². The minimum absolute atomic E-state index is 0.150. The Morgan fingerprint density at radius 1 is 1.18 bits per heavy atom. The van der Waals surface area contributed by atoms with E-state index in [2.05, 4.69) is 5.32 Å². The highest BCUT2D eigenvalue weighted by Gasteiger charge is 2.10. The van der Waals surface area contributed by atoms with Gasteiger partial charge in [0.2, 0.25) is 5.91 Å². The maximum atomic E-state index is 12.2. The molecule has 22 heavy (non-hydrogen) atoms. The number of amides is 1. The Kier molecular flexibility index (Phi) is 4.99. The van der Waals surface area contributed by atoms with E-state index in [0.717, 1.165) is 5.56 Å². The first-order valence-corrected chi connectivity index (χ1v) is 6.67. The molecule has 2 rings (SSSR count). The Morgan fingerprint density at radius 3 is 2.68 bits per heavy atom. The van der Waals surface area contributed by atoms with E-state index in [1.54, 1.807) is 56.7 Å². The smallest absolute Gasteiger partial charge is 0.228 e. The Bertz CT molecular complexity index is 720. The molecule has 2 aromatic carbocycles. The van der Waals surface area contributed by atoms with Gasteiger partial charge in [0.15, 0.2) is 0 Å². The molecule has 0 aliphatic rings. The molecule has 0 saturated heterocycles. The fourth-order valence-electron chi connectivity index (χ4n) is 2.06. The molecule has 5 heteroatoms. The molecule has 5 nitrogen and oxygen atoms in total. The van der Waals surface area contributed by atoms with E-state index in [0.29, 0.717) is 22.7 Å². The lowest BCUT2D eigenvalue weighted by molar-refractivity contribution is -0.115. The van der Waals surface area contributed by atoms with Gasteiger partial charge in [-0.2, -0.15) is 5.26 Å². The molecule has 0 aromatic heterocycles. The van der Waals surface area contributed by atoms with Gasteiger partial charge in [0, 0.05) is 11.3 Å². The third-order valence-electron chi connectivity index (χ3n) is 3.11. The number of carbonyl (C=O) groups is 1. The Balaban J connectivity index is 2.13. The van der Waals surface area contributed by atoms with Gasteiger partial charge in [-0.25, -0.2) is 0 Å². The summed E-state index contributed by atoms with van der Waals surface area (Å²) < 4.78 is 10.4. The van der Waals surface area contributed by atoms with Crippen LogP contribution in [0.4, 0.5) is 5.69 Å². The first kappa shape index (κ1) is 15.4. The van der Waals surface area contributed by atoms with E-state index in [1.165, 1.54) is 0 Å². The van der Waals surface area contributed by atoms with Crippen LogP contribution in [0.1, 0.15) is 11.1 Å². The zero-order chi connectivity index (χ0) is 15.9. The second-order valence-corrected chi connectivity index (χ2v) is 4.60. The van der Waals surface area contributed by atoms with Crippen molar-refractivity contribution in [2.24, 2.45) is 0 Å². The number of carbonyl (C=O) groups excluding carboxylic acids is 1. The number of ether oxygens (including phenoxy) is 2. The summed E-state index contributed by atoms with van der Waals surface area (Å²) in [7, 11) is 3.12. The minimum atomic E-state index is -0.193. The number of nitriles is 1. The highest BCUT2D eigenvalue weighted by atomic mass is 16.5. The number of hydrogen-bond acceptors (Lipinski definition) is 4. The summed E-state index contributed by atoms with van der Waals surface area (Å²) in [5, 5.41) is 11.6. The van der Waals surface area contributed by atoms with E-state index in [4.69, 9.17) is 14.7 Å². The van der Waals surface area contributed by atoms with Gasteiger partial charge in [0.05, 0.1) is 32.3 Å². The van der Waals surface area contributed by atoms with Crippen LogP contribution in [0.5, 0.6) is 11.5 Å². The van der Waals surface area contributed by atoms with Crippen molar-refractivity contribution >= 4 is 11.6 Å². The number of hydrogen-bond donors (Lipinski definition) is 1. The topological polar surface area (TPSA) is 71.3 Å². The van der Waals surface area contributed by atoms with E-state index < -0.39 is 0 Å². The average Bonchev–Trinajstić information content (AvgIpc) is 2.54. The van der Waals surface area contributed by atoms with Gasteiger partial charge in [0.1, 0.15) is 11.5 Å². The molecule has 0 unspecified atom stereocenters. The minimum Gasteiger partial charge on any atom is -0.497 e. The summed E-state index contributed by atoms with van der Waals surface area (Å²) >= 11 is 0. The molecule has 0 saturated carbocycles. The van der Waals surface area contributed by atoms with E-state index in [-0.39, 0.29) is 12.3 Å². The maximum Gasteiger partial charge on any atom is 0.228 e. The summed E-state index contributed by atoms with van der Waals surface area (Å²) in [5.41, 5.74) is 1.82. The Hall–Kier alpha value is -3.00. The molecule has 0 aliphatic heterocycles. The van der Waals surface area contributed by atoms with Gasteiger partial charge in [0.25, 0.3) is 0 Å². The summed E-state index contributed by atoms with van der Waals surface area (Å²) in [6.07, 6.45) is 0.150. The zero-order valence-electron chi connectivity index (χ0n) is 12.4. The molecule has 0 aliphatic carbocycles. The third-order valence-corrected chi connectivity index (χ3v) is 3.11. The lowest BCUT2D eigenvalue weighted by Crippen LogP contribution is -2.15. The summed E-state index contributed by atoms with van der Waals surface area (Å²) in [4.78, 5) is 12.2. The van der Waals surface area contributed by atoms with Crippen LogP contribution in [0, 0.1) is 11.3 Å². The number of rotatable bonds is 5. The first-order chi connectivity index (χ1) is 10.7. The van der Waals surface area contributed by atoms with Crippen LogP contribution >= 0.6 is 0 Å². The van der Waals surface area contributed by atoms with Crippen LogP contribution in [-0.4, -0.2) is 20.1 Å². The third kappa shape index (κ3) is 3.76. The molecular weight excluding hydrogens is 280 g/mol. The van der Waals surface area contributed by atoms with Gasteiger partial charge in [-0.05, 0) is 36.4 Å². The fourth-order valence-corrected chi connectivity index (χ4v) is 2.06. The van der Waals surface area contributed by atoms with Crippen molar-refractivity contribution in [1.29, 1.82) is 5.26 Å². The quantitative estimate of drug-likeness (QED) is 0.921. The largest absolute Gasteiger partial charge is 0.497 e. The summed E-state index contributed by atoms with van der Waals surface area (Å²) in [6.45, 7) is 0. The molecule has 1 N–H and O–H groups in total. The van der Waals surface area contributed by atoms with Crippen LogP contribution in [-0.2, 0) is 11.2 Å². The fraction of sp³-hybridized carbons (Fsp3) is 0.176. The van der Waals surface area contributed by atoms with Gasteiger partial charge in [-0.3, -0.25) is 4.79 Å². The number of nitrogens with zero attached hydrogens (tertiary/aromatic N) is 1. The monoisotopic (exact) mass is 296 g/mol. The zero-order valence-corrected chi connectivity index (χ0v) is 12.4. The van der Waals surface area contributed by atoms with Crippen molar-refractivity contribution in [3.8, 4) is 17.6 Å². The van der Waals surface area contributed by atoms with Gasteiger partial charge in [-0.1, -0.05) is 6.07 Å². The molecule has 1 amide bonds. The standard InChI is InChI=1S/C17H16N2O3/c1-21-15-6-7-16(22-2)13(9-15)10-17(20)19-14-5-3-4-12(8-14)11-18/h3-9H,10H2,1-2H3,(H,19,20). The normalized spacial score (nSPS) is 9.68. The van der Waals surface area contributed by atoms with Gasteiger partial charge < -0.3 is 14.8 Å². The van der Waals surface area contributed by atoms with Crippen molar-refractivity contribution in [3.05, 3.63) is 53.6 Å². The predicted octanol–water partition coefficient (Wildman–Crippen LogP) is 2.76. The second kappa shape index (κ2) is 7.14. The molecule has 0 radical (unpaired) electrons. The Labute approximate surface area is 129 Å². The van der Waals surface area contributed by atoms with Crippen LogP contribution in [0.15, 0.2) is 42.5 Å². The number of benzene rings is 2. The molecule has 0 fully saturated rings. The van der Waals surface area contributed by atoms with Gasteiger partial charge in [-0.15, -0.1) is 0 Å². The molecular formula is C17H16N2O3. The molecule has 0 atom stereocenters. The first-order valence-electron chi connectivity index (χ1n) is 6.67. The highest BCUT2D eigenvalue weighted by molar-refractivity contribution is 5.92. The van der Waals surface area contributed by atoms with Crippen LogP contribution < -0.4 is 14.8 Å². The van der Waals surface area contributed by atoms with E-state index in [1.807, 2.05) is 6.07 Å². The average molecular weight is 296 g/mol. The molecule has 2 aromatic rings. The second-order valence-electron chi connectivity index (χ2n) is 4.60. The molecule has 0 spiro atoms. The lowest BCUT2D eigenvalue weighted by Gasteiger charge is -2.11. The van der Waals surface area contributed by atoms with Crippen LogP contribution in [0.3, 0.4) is 0 Å². The number of anilines is 1. The lowest BCUT2D eigenvalue weighted by atomic mass is 10.1.